The summed E-state index contributed by atoms with van der Waals surface area (Å²) < 4.78 is 0. The number of amides is 5. The minimum absolute atomic E-state index is 0.0629. The number of nitrogens with zero attached hydrogens (tertiary/aromatic N) is 2. The molecule has 24 heavy (non-hydrogen) atoms. The van der Waals surface area contributed by atoms with Crippen LogP contribution in [-0.2, 0) is 14.4 Å². The molecule has 1 fully saturated rings. The Balaban J connectivity index is 1.90. The molecule has 1 saturated heterocycles. The van der Waals surface area contributed by atoms with Crippen molar-refractivity contribution >= 4 is 23.8 Å². The third-order valence-electron chi connectivity index (χ3n) is 3.72. The molecule has 0 aliphatic carbocycles. The first kappa shape index (κ1) is 17.4. The van der Waals surface area contributed by atoms with Gasteiger partial charge in [-0.05, 0) is 11.5 Å². The largest absolute Gasteiger partial charge is 0.354 e. The highest BCUT2D eigenvalue weighted by Crippen LogP contribution is 2.14. The van der Waals surface area contributed by atoms with E-state index in [1.807, 2.05) is 37.3 Å². The second-order valence-corrected chi connectivity index (χ2v) is 5.49. The molecule has 1 atom stereocenters. The van der Waals surface area contributed by atoms with Gasteiger partial charge in [0.25, 0.3) is 0 Å². The molecule has 7 heteroatoms. The van der Waals surface area contributed by atoms with Crippen molar-refractivity contribution < 1.29 is 19.2 Å². The molecule has 0 bridgehead atoms. The minimum Gasteiger partial charge on any atom is -0.354 e. The SMILES string of the molecule is C=CCN1C(=O)C(=O)N(CC(=O)NC[C@H](C)c2ccccc2)C1=O. The highest BCUT2D eigenvalue weighted by molar-refractivity contribution is 6.45. The van der Waals surface area contributed by atoms with Crippen LogP contribution in [0.5, 0.6) is 0 Å². The van der Waals surface area contributed by atoms with Crippen molar-refractivity contribution in [1.29, 1.82) is 0 Å². The van der Waals surface area contributed by atoms with Gasteiger partial charge in [-0.2, -0.15) is 0 Å². The van der Waals surface area contributed by atoms with Gasteiger partial charge in [0, 0.05) is 13.1 Å². The van der Waals surface area contributed by atoms with Crippen LogP contribution in [0.25, 0.3) is 0 Å². The molecule has 1 heterocycles. The molecule has 7 nitrogen and oxygen atoms in total. The molecule has 126 valence electrons. The number of hydrogen-bond donors (Lipinski definition) is 1. The van der Waals surface area contributed by atoms with Crippen molar-refractivity contribution in [2.24, 2.45) is 0 Å². The third-order valence-corrected chi connectivity index (χ3v) is 3.72. The van der Waals surface area contributed by atoms with E-state index >= 15 is 0 Å². The number of urea groups is 1. The van der Waals surface area contributed by atoms with Crippen LogP contribution in [0.1, 0.15) is 18.4 Å². The van der Waals surface area contributed by atoms with Crippen molar-refractivity contribution in [1.82, 2.24) is 15.1 Å². The number of benzene rings is 1. The zero-order valence-electron chi connectivity index (χ0n) is 13.4. The van der Waals surface area contributed by atoms with Gasteiger partial charge in [-0.1, -0.05) is 43.3 Å². The molecule has 1 N–H and O–H groups in total. The van der Waals surface area contributed by atoms with Crippen LogP contribution in [0.3, 0.4) is 0 Å². The van der Waals surface area contributed by atoms with Crippen molar-refractivity contribution in [2.45, 2.75) is 12.8 Å². The highest BCUT2D eigenvalue weighted by atomic mass is 16.2. The van der Waals surface area contributed by atoms with Crippen LogP contribution in [0, 0.1) is 0 Å². The average molecular weight is 329 g/mol. The second-order valence-electron chi connectivity index (χ2n) is 5.49. The lowest BCUT2D eigenvalue weighted by molar-refractivity contribution is -0.143. The lowest BCUT2D eigenvalue weighted by Crippen LogP contribution is -2.42. The van der Waals surface area contributed by atoms with E-state index in [4.69, 9.17) is 0 Å². The average Bonchev–Trinajstić information content (AvgIpc) is 2.79. The predicted molar refractivity (Wildman–Crippen MR) is 86.9 cm³/mol. The van der Waals surface area contributed by atoms with Gasteiger partial charge in [0.15, 0.2) is 0 Å². The fourth-order valence-corrected chi connectivity index (χ4v) is 2.35. The van der Waals surface area contributed by atoms with Gasteiger partial charge in [0.2, 0.25) is 5.91 Å². The van der Waals surface area contributed by atoms with Crippen LogP contribution in [0.2, 0.25) is 0 Å². The Morgan fingerprint density at radius 2 is 1.79 bits per heavy atom. The molecule has 2 rings (SSSR count). The maximum absolute atomic E-state index is 12.0. The second kappa shape index (κ2) is 7.54. The number of hydrogen-bond acceptors (Lipinski definition) is 4. The molecule has 1 aromatic carbocycles. The van der Waals surface area contributed by atoms with Crippen LogP contribution >= 0.6 is 0 Å². The quantitative estimate of drug-likeness (QED) is 0.457. The Labute approximate surface area is 139 Å². The van der Waals surface area contributed by atoms with Crippen molar-refractivity contribution in [3.63, 3.8) is 0 Å². The van der Waals surface area contributed by atoms with Gasteiger partial charge in [0.05, 0.1) is 0 Å². The van der Waals surface area contributed by atoms with Crippen LogP contribution < -0.4 is 5.32 Å². The molecule has 0 radical (unpaired) electrons. The smallest absolute Gasteiger partial charge is 0.335 e. The minimum atomic E-state index is -0.992. The lowest BCUT2D eigenvalue weighted by atomic mass is 10.0. The molecule has 0 spiro atoms. The summed E-state index contributed by atoms with van der Waals surface area (Å²) in [6.07, 6.45) is 1.34. The summed E-state index contributed by atoms with van der Waals surface area (Å²) >= 11 is 0. The first-order chi connectivity index (χ1) is 11.5. The van der Waals surface area contributed by atoms with Crippen molar-refractivity contribution in [3.8, 4) is 0 Å². The number of imide groups is 2. The van der Waals surface area contributed by atoms with E-state index in [-0.39, 0.29) is 12.5 Å². The van der Waals surface area contributed by atoms with E-state index in [0.717, 1.165) is 10.5 Å². The molecule has 0 aromatic heterocycles. The molecule has 0 unspecified atom stereocenters. The number of nitrogens with one attached hydrogen (secondary N) is 1. The Morgan fingerprint density at radius 3 is 2.42 bits per heavy atom. The zero-order chi connectivity index (χ0) is 17.7. The van der Waals surface area contributed by atoms with Crippen LogP contribution in [-0.4, -0.2) is 53.2 Å². The third kappa shape index (κ3) is 3.68. The van der Waals surface area contributed by atoms with Gasteiger partial charge >= 0.3 is 17.8 Å². The predicted octanol–water partition coefficient (Wildman–Crippen LogP) is 0.883. The topological polar surface area (TPSA) is 86.8 Å². The van der Waals surface area contributed by atoms with E-state index in [0.29, 0.717) is 11.4 Å². The summed E-state index contributed by atoms with van der Waals surface area (Å²) in [5, 5.41) is 2.68. The lowest BCUT2D eigenvalue weighted by Gasteiger charge is -2.16. The van der Waals surface area contributed by atoms with Crippen LogP contribution in [0.4, 0.5) is 4.79 Å². The number of carbonyl (C=O) groups is 4. The first-order valence-corrected chi connectivity index (χ1v) is 7.55. The monoisotopic (exact) mass is 329 g/mol. The van der Waals surface area contributed by atoms with Crippen molar-refractivity contribution in [3.05, 3.63) is 48.6 Å². The maximum atomic E-state index is 12.0. The Bertz CT molecular complexity index is 672. The Morgan fingerprint density at radius 1 is 1.17 bits per heavy atom. The van der Waals surface area contributed by atoms with E-state index in [1.54, 1.807) is 0 Å². The normalized spacial score (nSPS) is 15.6. The van der Waals surface area contributed by atoms with E-state index < -0.39 is 30.3 Å². The van der Waals surface area contributed by atoms with Gasteiger partial charge in [-0.25, -0.2) is 9.69 Å². The zero-order valence-corrected chi connectivity index (χ0v) is 13.4. The van der Waals surface area contributed by atoms with Gasteiger partial charge in [0.1, 0.15) is 6.54 Å². The van der Waals surface area contributed by atoms with E-state index in [9.17, 15) is 19.2 Å². The molecular weight excluding hydrogens is 310 g/mol. The summed E-state index contributed by atoms with van der Waals surface area (Å²) in [6, 6.07) is 8.85. The molecule has 0 saturated carbocycles. The highest BCUT2D eigenvalue weighted by Gasteiger charge is 2.44. The summed E-state index contributed by atoms with van der Waals surface area (Å²) in [5.74, 6) is -2.34. The van der Waals surface area contributed by atoms with Crippen LogP contribution in [0.15, 0.2) is 43.0 Å². The van der Waals surface area contributed by atoms with Gasteiger partial charge in [-0.15, -0.1) is 6.58 Å². The standard InChI is InChI=1S/C17H19N3O4/c1-3-9-19-15(22)16(23)20(17(19)24)11-14(21)18-10-12(2)13-7-5-4-6-8-13/h3-8,12H,1,9-11H2,2H3,(H,18,21)/t12-/m0/s1. The molecule has 1 aliphatic heterocycles. The first-order valence-electron chi connectivity index (χ1n) is 7.55. The Hall–Kier alpha value is -2.96. The molecule has 1 aromatic rings. The number of carbonyl (C=O) groups excluding carboxylic acids is 4. The molecule has 1 aliphatic rings. The summed E-state index contributed by atoms with van der Waals surface area (Å²) in [4.78, 5) is 48.9. The summed E-state index contributed by atoms with van der Waals surface area (Å²) in [6.45, 7) is 5.21. The van der Waals surface area contributed by atoms with E-state index in [1.165, 1.54) is 6.08 Å². The van der Waals surface area contributed by atoms with Crippen molar-refractivity contribution in [2.75, 3.05) is 19.6 Å². The van der Waals surface area contributed by atoms with E-state index in [2.05, 4.69) is 11.9 Å². The fraction of sp³-hybridized carbons (Fsp3) is 0.294. The van der Waals surface area contributed by atoms with Gasteiger partial charge < -0.3 is 5.32 Å². The molecule has 5 amide bonds. The fourth-order valence-electron chi connectivity index (χ4n) is 2.35. The Kier molecular flexibility index (Phi) is 5.47. The summed E-state index contributed by atoms with van der Waals surface area (Å²) in [5.41, 5.74) is 1.07. The summed E-state index contributed by atoms with van der Waals surface area (Å²) in [7, 11) is 0. The maximum Gasteiger partial charge on any atom is 0.335 e. The van der Waals surface area contributed by atoms with Gasteiger partial charge in [-0.3, -0.25) is 19.3 Å². The molecular formula is C17H19N3O4. The number of rotatable bonds is 7.